The van der Waals surface area contributed by atoms with Crippen LogP contribution >= 0.6 is 0 Å². The van der Waals surface area contributed by atoms with Gasteiger partial charge in [0.2, 0.25) is 0 Å². The van der Waals surface area contributed by atoms with Gasteiger partial charge in [0.05, 0.1) is 12.7 Å². The van der Waals surface area contributed by atoms with Crippen LogP contribution in [0.2, 0.25) is 0 Å². The summed E-state index contributed by atoms with van der Waals surface area (Å²) >= 11 is 0. The number of ketones is 1. The van der Waals surface area contributed by atoms with Crippen molar-refractivity contribution < 1.29 is 14.6 Å². The van der Waals surface area contributed by atoms with Crippen LogP contribution in [0.5, 0.6) is 11.5 Å². The summed E-state index contributed by atoms with van der Waals surface area (Å²) in [5.74, 6) is 0.159. The number of phenolic OH excluding ortho intramolecular Hbond substituents is 1. The molecule has 0 amide bonds. The minimum Gasteiger partial charge on any atom is -0.507 e. The number of fused-ring (bicyclic) bond motifs is 1. The number of allylic oxidation sites excluding steroid dienone is 2. The Bertz CT molecular complexity index is 1170. The topological polar surface area (TPSA) is 61.8 Å². The van der Waals surface area contributed by atoms with Crippen LogP contribution in [0.3, 0.4) is 0 Å². The lowest BCUT2D eigenvalue weighted by Gasteiger charge is -2.19. The minimum absolute atomic E-state index is 0.0982. The molecule has 1 aliphatic rings. The number of nitrogens with zero attached hydrogens (tertiary/aromatic N) is 1. The molecule has 5 heteroatoms. The molecule has 2 N–H and O–H groups in total. The van der Waals surface area contributed by atoms with E-state index in [0.29, 0.717) is 17.9 Å². The number of methoxy groups -OCH3 is 1. The minimum atomic E-state index is -0.244. The van der Waals surface area contributed by atoms with E-state index in [2.05, 4.69) is 23.5 Å². The second-order valence-corrected chi connectivity index (χ2v) is 6.88. The third-order valence-corrected chi connectivity index (χ3v) is 4.92. The highest BCUT2D eigenvalue weighted by Gasteiger charge is 2.17. The van der Waals surface area contributed by atoms with Crippen molar-refractivity contribution in [1.29, 1.82) is 0 Å². The fourth-order valence-corrected chi connectivity index (χ4v) is 3.37. The normalized spacial score (nSPS) is 13.5. The lowest BCUT2D eigenvalue weighted by Crippen LogP contribution is -2.17. The highest BCUT2D eigenvalue weighted by Crippen LogP contribution is 2.27. The molecule has 3 aromatic rings. The summed E-state index contributed by atoms with van der Waals surface area (Å²) in [5, 5.41) is 15.8. The first-order chi connectivity index (χ1) is 14.7. The van der Waals surface area contributed by atoms with E-state index < -0.39 is 0 Å². The van der Waals surface area contributed by atoms with E-state index >= 15 is 0 Å². The van der Waals surface area contributed by atoms with Crippen molar-refractivity contribution in [3.63, 3.8) is 0 Å². The van der Waals surface area contributed by atoms with Crippen molar-refractivity contribution in [2.45, 2.75) is 0 Å². The largest absolute Gasteiger partial charge is 0.507 e. The van der Waals surface area contributed by atoms with Crippen LogP contribution in [-0.2, 0) is 0 Å². The molecule has 0 spiro atoms. The van der Waals surface area contributed by atoms with Gasteiger partial charge in [0.15, 0.2) is 5.78 Å². The summed E-state index contributed by atoms with van der Waals surface area (Å²) in [6, 6.07) is 19.0. The molecule has 0 saturated heterocycles. The average Bonchev–Trinajstić information content (AvgIpc) is 2.79. The number of nitrogens with one attached hydrogen (secondary N) is 1. The number of ether oxygens (including phenoxy) is 1. The second kappa shape index (κ2) is 8.57. The predicted octanol–water partition coefficient (Wildman–Crippen LogP) is 5.08. The van der Waals surface area contributed by atoms with Crippen molar-refractivity contribution in [3.8, 4) is 11.5 Å². The van der Waals surface area contributed by atoms with Gasteiger partial charge < -0.3 is 20.1 Å². The van der Waals surface area contributed by atoms with E-state index in [1.807, 2.05) is 47.6 Å². The molecule has 5 nitrogen and oxygen atoms in total. The Labute approximate surface area is 175 Å². The fourth-order valence-electron chi connectivity index (χ4n) is 3.37. The van der Waals surface area contributed by atoms with E-state index in [1.165, 1.54) is 18.6 Å². The zero-order valence-corrected chi connectivity index (χ0v) is 16.6. The molecule has 3 aromatic carbocycles. The Hall–Kier alpha value is -3.99. The molecule has 150 valence electrons. The van der Waals surface area contributed by atoms with Crippen LogP contribution in [-0.4, -0.2) is 29.4 Å². The summed E-state index contributed by atoms with van der Waals surface area (Å²) in [7, 11) is 1.51. The van der Waals surface area contributed by atoms with Gasteiger partial charge in [0.1, 0.15) is 11.5 Å². The summed E-state index contributed by atoms with van der Waals surface area (Å²) in [6.45, 7) is 0.652. The van der Waals surface area contributed by atoms with Crippen LogP contribution in [0, 0.1) is 0 Å². The standard InChI is InChI=1S/C25H22N2O3/c1-30-20-11-12-22(24(28)16-20)25(29)19-8-5-14-27(17-19)15-13-26-23-10-4-7-18-6-2-3-9-21(18)23/h2-13,15-17,26,28H,14H2,1H3/b15-13+. The van der Waals surface area contributed by atoms with Gasteiger partial charge >= 0.3 is 0 Å². The van der Waals surface area contributed by atoms with Crippen LogP contribution in [0.15, 0.2) is 97.0 Å². The molecule has 0 atom stereocenters. The number of aromatic hydroxyl groups is 1. The Morgan fingerprint density at radius 1 is 1.13 bits per heavy atom. The lowest BCUT2D eigenvalue weighted by molar-refractivity contribution is 0.103. The zero-order chi connectivity index (χ0) is 20.9. The van der Waals surface area contributed by atoms with Crippen molar-refractivity contribution in [2.75, 3.05) is 19.0 Å². The van der Waals surface area contributed by atoms with Crippen molar-refractivity contribution in [1.82, 2.24) is 4.90 Å². The van der Waals surface area contributed by atoms with Gasteiger partial charge in [-0.15, -0.1) is 0 Å². The number of rotatable bonds is 6. The molecule has 0 fully saturated rings. The molecule has 0 radical (unpaired) electrons. The van der Waals surface area contributed by atoms with E-state index in [0.717, 1.165) is 11.1 Å². The Balaban J connectivity index is 1.49. The number of hydrogen-bond donors (Lipinski definition) is 2. The summed E-state index contributed by atoms with van der Waals surface area (Å²) in [5.41, 5.74) is 1.75. The molecular formula is C25H22N2O3. The number of anilines is 1. The molecule has 0 bridgehead atoms. The van der Waals surface area contributed by atoms with E-state index in [4.69, 9.17) is 4.74 Å². The van der Waals surface area contributed by atoms with Gasteiger partial charge in [-0.05, 0) is 23.6 Å². The quantitative estimate of drug-likeness (QED) is 0.567. The number of phenols is 1. The molecule has 0 aliphatic carbocycles. The van der Waals surface area contributed by atoms with Crippen molar-refractivity contribution >= 4 is 22.2 Å². The first-order valence-electron chi connectivity index (χ1n) is 9.62. The highest BCUT2D eigenvalue weighted by atomic mass is 16.5. The lowest BCUT2D eigenvalue weighted by atomic mass is 10.0. The third-order valence-electron chi connectivity index (χ3n) is 4.92. The molecule has 0 aromatic heterocycles. The maximum Gasteiger partial charge on any atom is 0.198 e. The van der Waals surface area contributed by atoms with Gasteiger partial charge in [0.25, 0.3) is 0 Å². The van der Waals surface area contributed by atoms with Gasteiger partial charge in [-0.1, -0.05) is 48.6 Å². The Kier molecular flexibility index (Phi) is 5.52. The molecule has 4 rings (SSSR count). The van der Waals surface area contributed by atoms with Gasteiger partial charge in [-0.3, -0.25) is 4.79 Å². The maximum atomic E-state index is 12.8. The SMILES string of the molecule is COc1ccc(C(=O)C2=CN(/C=C/Nc3cccc4ccccc34)CC=C2)c(O)c1. The molecule has 30 heavy (non-hydrogen) atoms. The molecule has 1 heterocycles. The van der Waals surface area contributed by atoms with Crippen molar-refractivity contribution in [2.24, 2.45) is 0 Å². The number of carbonyl (C=O) groups is 1. The third kappa shape index (κ3) is 4.05. The second-order valence-electron chi connectivity index (χ2n) is 6.88. The number of hydrogen-bond acceptors (Lipinski definition) is 5. The molecule has 0 saturated carbocycles. The van der Waals surface area contributed by atoms with Crippen LogP contribution in [0.1, 0.15) is 10.4 Å². The van der Waals surface area contributed by atoms with Crippen LogP contribution in [0.4, 0.5) is 5.69 Å². The van der Waals surface area contributed by atoms with E-state index in [-0.39, 0.29) is 17.1 Å². The molecule has 1 aliphatic heterocycles. The van der Waals surface area contributed by atoms with E-state index in [1.54, 1.807) is 24.4 Å². The molecular weight excluding hydrogens is 376 g/mol. The van der Waals surface area contributed by atoms with Crippen LogP contribution in [0.25, 0.3) is 10.8 Å². The summed E-state index contributed by atoms with van der Waals surface area (Å²) < 4.78 is 5.08. The smallest absolute Gasteiger partial charge is 0.198 e. The van der Waals surface area contributed by atoms with E-state index in [9.17, 15) is 9.90 Å². The summed E-state index contributed by atoms with van der Waals surface area (Å²) in [4.78, 5) is 14.7. The first kappa shape index (κ1) is 19.3. The maximum absolute atomic E-state index is 12.8. The monoisotopic (exact) mass is 398 g/mol. The van der Waals surface area contributed by atoms with Crippen LogP contribution < -0.4 is 10.1 Å². The molecule has 0 unspecified atom stereocenters. The number of Topliss-reactive ketones (excluding diaryl/α,β-unsaturated/α-hetero) is 1. The number of benzene rings is 3. The first-order valence-corrected chi connectivity index (χ1v) is 9.62. The highest BCUT2D eigenvalue weighted by molar-refractivity contribution is 6.12. The van der Waals surface area contributed by atoms with Gasteiger partial charge in [0, 0.05) is 47.9 Å². The fraction of sp³-hybridized carbons (Fsp3) is 0.0800. The predicted molar refractivity (Wildman–Crippen MR) is 120 cm³/mol. The number of carbonyl (C=O) groups excluding carboxylic acids is 1. The van der Waals surface area contributed by atoms with Gasteiger partial charge in [-0.2, -0.15) is 0 Å². The summed E-state index contributed by atoms with van der Waals surface area (Å²) in [6.07, 6.45) is 9.19. The van der Waals surface area contributed by atoms with Gasteiger partial charge in [-0.25, -0.2) is 0 Å². The Morgan fingerprint density at radius 3 is 2.80 bits per heavy atom. The Morgan fingerprint density at radius 2 is 1.97 bits per heavy atom. The zero-order valence-electron chi connectivity index (χ0n) is 16.6. The van der Waals surface area contributed by atoms with Crippen molar-refractivity contribution in [3.05, 3.63) is 103 Å². The average molecular weight is 398 g/mol.